The summed E-state index contributed by atoms with van der Waals surface area (Å²) < 4.78 is 5.85. The summed E-state index contributed by atoms with van der Waals surface area (Å²) in [6.07, 6.45) is -0.0319. The number of rotatable bonds is 1. The molecule has 1 aromatic rings. The van der Waals surface area contributed by atoms with Gasteiger partial charge in [-0.1, -0.05) is 26.8 Å². The molecule has 0 spiro atoms. The minimum absolute atomic E-state index is 0.0314. The van der Waals surface area contributed by atoms with E-state index in [1.165, 1.54) is 0 Å². The Balaban J connectivity index is 2.39. The van der Waals surface area contributed by atoms with Crippen molar-refractivity contribution in [1.29, 1.82) is 0 Å². The summed E-state index contributed by atoms with van der Waals surface area (Å²) >= 11 is 0. The molecule has 1 heterocycles. The SMILES string of the molecule is CC(C)(C)C1CNc2cccc(C(=O)O)c2O1. The van der Waals surface area contributed by atoms with Gasteiger partial charge in [-0.15, -0.1) is 0 Å². The van der Waals surface area contributed by atoms with Crippen molar-refractivity contribution >= 4 is 11.7 Å². The number of para-hydroxylation sites is 1. The summed E-state index contributed by atoms with van der Waals surface area (Å²) in [5, 5.41) is 12.3. The Hall–Kier alpha value is -1.71. The molecule has 92 valence electrons. The molecule has 0 aromatic heterocycles. The lowest BCUT2D eigenvalue weighted by molar-refractivity contribution is 0.0662. The molecule has 0 amide bonds. The van der Waals surface area contributed by atoms with Crippen LogP contribution < -0.4 is 10.1 Å². The van der Waals surface area contributed by atoms with Crippen molar-refractivity contribution in [2.45, 2.75) is 26.9 Å². The van der Waals surface area contributed by atoms with Crippen LogP contribution in [0.1, 0.15) is 31.1 Å². The zero-order chi connectivity index (χ0) is 12.6. The lowest BCUT2D eigenvalue weighted by atomic mass is 9.88. The number of benzene rings is 1. The van der Waals surface area contributed by atoms with Gasteiger partial charge < -0.3 is 15.2 Å². The van der Waals surface area contributed by atoms with Crippen LogP contribution in [0.5, 0.6) is 5.75 Å². The number of nitrogens with one attached hydrogen (secondary N) is 1. The fourth-order valence-corrected chi connectivity index (χ4v) is 1.84. The smallest absolute Gasteiger partial charge is 0.339 e. The number of carboxylic acids is 1. The maximum Gasteiger partial charge on any atom is 0.339 e. The fraction of sp³-hybridized carbons (Fsp3) is 0.462. The summed E-state index contributed by atoms with van der Waals surface area (Å²) in [5.74, 6) is -0.510. The molecule has 17 heavy (non-hydrogen) atoms. The Morgan fingerprint density at radius 1 is 1.47 bits per heavy atom. The number of carboxylic acid groups (broad SMARTS) is 1. The molecule has 1 aliphatic rings. The van der Waals surface area contributed by atoms with Gasteiger partial charge >= 0.3 is 5.97 Å². The van der Waals surface area contributed by atoms with Crippen molar-refractivity contribution in [1.82, 2.24) is 0 Å². The summed E-state index contributed by atoms with van der Waals surface area (Å²) in [5.41, 5.74) is 0.936. The van der Waals surface area contributed by atoms with Gasteiger partial charge in [-0.05, 0) is 12.1 Å². The second-order valence-corrected chi connectivity index (χ2v) is 5.34. The number of aromatic carboxylic acids is 1. The number of hydrogen-bond donors (Lipinski definition) is 2. The highest BCUT2D eigenvalue weighted by Gasteiger charge is 2.32. The molecule has 0 saturated carbocycles. The maximum absolute atomic E-state index is 11.1. The zero-order valence-corrected chi connectivity index (χ0v) is 10.3. The van der Waals surface area contributed by atoms with E-state index in [1.807, 2.05) is 6.07 Å². The predicted molar refractivity (Wildman–Crippen MR) is 65.8 cm³/mol. The molecule has 0 aliphatic carbocycles. The van der Waals surface area contributed by atoms with Gasteiger partial charge in [-0.25, -0.2) is 4.79 Å². The first kappa shape index (κ1) is 11.8. The van der Waals surface area contributed by atoms with Crippen molar-refractivity contribution in [3.05, 3.63) is 23.8 Å². The minimum atomic E-state index is -0.960. The molecule has 0 radical (unpaired) electrons. The molecule has 0 fully saturated rings. The van der Waals surface area contributed by atoms with Gasteiger partial charge in [0.05, 0.1) is 12.2 Å². The third-order valence-corrected chi connectivity index (χ3v) is 2.95. The Bertz CT molecular complexity index is 448. The molecule has 2 N–H and O–H groups in total. The van der Waals surface area contributed by atoms with Crippen LogP contribution in [-0.2, 0) is 0 Å². The second kappa shape index (κ2) is 3.95. The average Bonchev–Trinajstić information content (AvgIpc) is 2.26. The van der Waals surface area contributed by atoms with Gasteiger partial charge in [0.2, 0.25) is 0 Å². The Morgan fingerprint density at radius 3 is 2.76 bits per heavy atom. The molecule has 4 nitrogen and oxygen atoms in total. The summed E-state index contributed by atoms with van der Waals surface area (Å²) in [6.45, 7) is 6.93. The van der Waals surface area contributed by atoms with Gasteiger partial charge in [-0.3, -0.25) is 0 Å². The highest BCUT2D eigenvalue weighted by Crippen LogP contribution is 2.36. The Labute approximate surface area is 101 Å². The average molecular weight is 235 g/mol. The van der Waals surface area contributed by atoms with Crippen molar-refractivity contribution in [2.75, 3.05) is 11.9 Å². The number of carbonyl (C=O) groups is 1. The topological polar surface area (TPSA) is 58.6 Å². The van der Waals surface area contributed by atoms with Crippen LogP contribution in [0.15, 0.2) is 18.2 Å². The summed E-state index contributed by atoms with van der Waals surface area (Å²) in [7, 11) is 0. The number of hydrogen-bond acceptors (Lipinski definition) is 3. The van der Waals surface area contributed by atoms with E-state index in [0.717, 1.165) is 5.69 Å². The Kier molecular flexibility index (Phi) is 2.73. The van der Waals surface area contributed by atoms with E-state index in [0.29, 0.717) is 12.3 Å². The predicted octanol–water partition coefficient (Wildman–Crippen LogP) is 2.60. The van der Waals surface area contributed by atoms with Crippen LogP contribution in [-0.4, -0.2) is 23.7 Å². The molecule has 1 aliphatic heterocycles. The maximum atomic E-state index is 11.1. The van der Waals surface area contributed by atoms with Crippen molar-refractivity contribution in [3.63, 3.8) is 0 Å². The first-order valence-corrected chi connectivity index (χ1v) is 5.66. The van der Waals surface area contributed by atoms with Crippen LogP contribution in [0.2, 0.25) is 0 Å². The molecule has 2 rings (SSSR count). The Morgan fingerprint density at radius 2 is 2.18 bits per heavy atom. The van der Waals surface area contributed by atoms with Crippen molar-refractivity contribution in [3.8, 4) is 5.75 Å². The van der Waals surface area contributed by atoms with E-state index >= 15 is 0 Å². The first-order valence-electron chi connectivity index (χ1n) is 5.66. The number of anilines is 1. The lowest BCUT2D eigenvalue weighted by Crippen LogP contribution is -2.41. The van der Waals surface area contributed by atoms with Crippen molar-refractivity contribution in [2.24, 2.45) is 5.41 Å². The summed E-state index contributed by atoms with van der Waals surface area (Å²) in [6, 6.07) is 5.12. The molecule has 1 unspecified atom stereocenters. The minimum Gasteiger partial charge on any atom is -0.485 e. The zero-order valence-electron chi connectivity index (χ0n) is 10.3. The highest BCUT2D eigenvalue weighted by atomic mass is 16.5. The normalized spacial score (nSPS) is 18.9. The van der Waals surface area contributed by atoms with Gasteiger partial charge in [0, 0.05) is 5.41 Å². The fourth-order valence-electron chi connectivity index (χ4n) is 1.84. The van der Waals surface area contributed by atoms with E-state index in [1.54, 1.807) is 12.1 Å². The monoisotopic (exact) mass is 235 g/mol. The van der Waals surface area contributed by atoms with Crippen LogP contribution in [0.3, 0.4) is 0 Å². The molecular formula is C13H17NO3. The van der Waals surface area contributed by atoms with E-state index in [9.17, 15) is 4.79 Å². The van der Waals surface area contributed by atoms with Crippen LogP contribution >= 0.6 is 0 Å². The van der Waals surface area contributed by atoms with Crippen LogP contribution in [0.4, 0.5) is 5.69 Å². The number of ether oxygens (including phenoxy) is 1. The third-order valence-electron chi connectivity index (χ3n) is 2.95. The second-order valence-electron chi connectivity index (χ2n) is 5.34. The van der Waals surface area contributed by atoms with E-state index < -0.39 is 5.97 Å². The molecule has 1 aromatic carbocycles. The molecule has 4 heteroatoms. The number of fused-ring (bicyclic) bond motifs is 1. The first-order chi connectivity index (χ1) is 7.89. The summed E-state index contributed by atoms with van der Waals surface area (Å²) in [4.78, 5) is 11.1. The van der Waals surface area contributed by atoms with Gasteiger partial charge in [0.15, 0.2) is 5.75 Å². The molecule has 1 atom stereocenters. The molecule has 0 saturated heterocycles. The van der Waals surface area contributed by atoms with Gasteiger partial charge in [0.25, 0.3) is 0 Å². The largest absolute Gasteiger partial charge is 0.485 e. The van der Waals surface area contributed by atoms with Gasteiger partial charge in [-0.2, -0.15) is 0 Å². The van der Waals surface area contributed by atoms with E-state index in [4.69, 9.17) is 9.84 Å². The third kappa shape index (κ3) is 2.20. The van der Waals surface area contributed by atoms with E-state index in [2.05, 4.69) is 26.1 Å². The van der Waals surface area contributed by atoms with Crippen LogP contribution in [0.25, 0.3) is 0 Å². The quantitative estimate of drug-likeness (QED) is 0.785. The highest BCUT2D eigenvalue weighted by molar-refractivity contribution is 5.93. The molecular weight excluding hydrogens is 218 g/mol. The van der Waals surface area contributed by atoms with Crippen molar-refractivity contribution < 1.29 is 14.6 Å². The van der Waals surface area contributed by atoms with Crippen LogP contribution in [0, 0.1) is 5.41 Å². The molecule has 0 bridgehead atoms. The standard InChI is InChI=1S/C13H17NO3/c1-13(2,3)10-7-14-9-6-4-5-8(12(15)16)11(9)17-10/h4-6,10,14H,7H2,1-3H3,(H,15,16). The van der Waals surface area contributed by atoms with Gasteiger partial charge in [0.1, 0.15) is 11.7 Å². The van der Waals surface area contributed by atoms with E-state index in [-0.39, 0.29) is 17.1 Å². The lowest BCUT2D eigenvalue weighted by Gasteiger charge is -2.36.